The molecule has 4 aliphatic carbocycles. The van der Waals surface area contributed by atoms with Crippen molar-refractivity contribution in [3.05, 3.63) is 24.3 Å². The highest BCUT2D eigenvalue weighted by Gasteiger charge is 2.66. The zero-order chi connectivity index (χ0) is 18.8. The van der Waals surface area contributed by atoms with Crippen molar-refractivity contribution in [1.29, 1.82) is 0 Å². The molecule has 0 saturated heterocycles. The summed E-state index contributed by atoms with van der Waals surface area (Å²) >= 11 is 0.526. The molecule has 0 aromatic heterocycles. The van der Waals surface area contributed by atoms with Crippen molar-refractivity contribution in [1.82, 2.24) is 0 Å². The van der Waals surface area contributed by atoms with Gasteiger partial charge >= 0.3 is 0 Å². The molecule has 26 heavy (non-hydrogen) atoms. The van der Waals surface area contributed by atoms with Crippen molar-refractivity contribution in [3.8, 4) is 0 Å². The van der Waals surface area contributed by atoms with Crippen LogP contribution in [0.4, 0.5) is 14.5 Å². The van der Waals surface area contributed by atoms with Crippen LogP contribution in [0.15, 0.2) is 29.2 Å². The molecule has 1 amide bonds. The van der Waals surface area contributed by atoms with Gasteiger partial charge in [-0.05, 0) is 79.0 Å². The van der Waals surface area contributed by atoms with Gasteiger partial charge in [0, 0.05) is 10.6 Å². The van der Waals surface area contributed by atoms with Crippen molar-refractivity contribution < 1.29 is 13.6 Å². The topological polar surface area (TPSA) is 29.1 Å². The van der Waals surface area contributed by atoms with Gasteiger partial charge < -0.3 is 5.32 Å². The minimum Gasteiger partial charge on any atom is -0.326 e. The summed E-state index contributed by atoms with van der Waals surface area (Å²) in [6, 6.07) is 6.76. The summed E-state index contributed by atoms with van der Waals surface area (Å²) in [4.78, 5) is 13.8. The normalized spacial score (nSPS) is 40.8. The van der Waals surface area contributed by atoms with E-state index in [1.807, 2.05) is 0 Å². The van der Waals surface area contributed by atoms with Crippen LogP contribution in [-0.2, 0) is 4.79 Å². The summed E-state index contributed by atoms with van der Waals surface area (Å²) in [5, 5.41) is 3.10. The number of amides is 1. The molecule has 0 atom stereocenters. The predicted octanol–water partition coefficient (Wildman–Crippen LogP) is 6.33. The Hall–Kier alpha value is -1.10. The van der Waals surface area contributed by atoms with Crippen molar-refractivity contribution in [2.45, 2.75) is 69.9 Å². The number of carbonyl (C=O) groups is 1. The van der Waals surface area contributed by atoms with Crippen molar-refractivity contribution in [2.24, 2.45) is 21.7 Å². The van der Waals surface area contributed by atoms with E-state index in [2.05, 4.69) is 26.1 Å². The molecule has 0 unspecified atom stereocenters. The third kappa shape index (κ3) is 3.17. The van der Waals surface area contributed by atoms with Crippen LogP contribution >= 0.6 is 11.8 Å². The van der Waals surface area contributed by atoms with Crippen LogP contribution in [0, 0.1) is 21.7 Å². The number of benzene rings is 1. The SMILES string of the molecule is CC12CC3(C)CC(C)(C1)CC(C(=O)Nc1ccc(SC(F)F)cc1)(C2)C3. The molecule has 0 heterocycles. The molecule has 1 aromatic carbocycles. The largest absolute Gasteiger partial charge is 0.326 e. The Labute approximate surface area is 158 Å². The fraction of sp³-hybridized carbons (Fsp3) is 0.667. The monoisotopic (exact) mass is 379 g/mol. The Morgan fingerprint density at radius 3 is 1.81 bits per heavy atom. The average molecular weight is 380 g/mol. The number of carbonyl (C=O) groups excluding carboxylic acids is 1. The zero-order valence-corrected chi connectivity index (χ0v) is 16.5. The van der Waals surface area contributed by atoms with Crippen LogP contribution in [-0.4, -0.2) is 11.7 Å². The highest BCUT2D eigenvalue weighted by molar-refractivity contribution is 7.99. The van der Waals surface area contributed by atoms with E-state index in [1.54, 1.807) is 24.3 Å². The van der Waals surface area contributed by atoms with Gasteiger partial charge in [0.05, 0.1) is 5.41 Å². The molecule has 0 spiro atoms. The first-order chi connectivity index (χ1) is 12.0. The van der Waals surface area contributed by atoms with E-state index in [-0.39, 0.29) is 27.6 Å². The molecule has 0 aliphatic heterocycles. The molecule has 1 aromatic rings. The van der Waals surface area contributed by atoms with Gasteiger partial charge in [0.25, 0.3) is 5.76 Å². The third-order valence-electron chi connectivity index (χ3n) is 6.68. The molecule has 4 saturated carbocycles. The van der Waals surface area contributed by atoms with Gasteiger partial charge in [0.2, 0.25) is 5.91 Å². The fourth-order valence-corrected chi connectivity index (χ4v) is 8.01. The lowest BCUT2D eigenvalue weighted by atomic mass is 9.36. The molecule has 4 aliphatic rings. The first-order valence-corrected chi connectivity index (χ1v) is 10.3. The van der Waals surface area contributed by atoms with E-state index < -0.39 is 5.76 Å². The highest BCUT2D eigenvalue weighted by atomic mass is 32.2. The van der Waals surface area contributed by atoms with Crippen LogP contribution in [0.25, 0.3) is 0 Å². The second kappa shape index (κ2) is 5.70. The van der Waals surface area contributed by atoms with Gasteiger partial charge in [-0.3, -0.25) is 4.79 Å². The van der Waals surface area contributed by atoms with Crippen LogP contribution in [0.3, 0.4) is 0 Å². The van der Waals surface area contributed by atoms with Crippen molar-refractivity contribution in [3.63, 3.8) is 0 Å². The molecular weight excluding hydrogens is 352 g/mol. The zero-order valence-electron chi connectivity index (χ0n) is 15.7. The Balaban J connectivity index is 1.55. The van der Waals surface area contributed by atoms with Gasteiger partial charge in [0.1, 0.15) is 0 Å². The number of rotatable bonds is 4. The second-order valence-electron chi connectivity index (χ2n) is 10.1. The summed E-state index contributed by atoms with van der Waals surface area (Å²) in [7, 11) is 0. The van der Waals surface area contributed by atoms with Gasteiger partial charge in [-0.15, -0.1) is 0 Å². The maximum Gasteiger partial charge on any atom is 0.288 e. The van der Waals surface area contributed by atoms with Crippen LogP contribution in [0.1, 0.15) is 59.3 Å². The summed E-state index contributed by atoms with van der Waals surface area (Å²) < 4.78 is 24.9. The number of hydrogen-bond acceptors (Lipinski definition) is 2. The van der Waals surface area contributed by atoms with Gasteiger partial charge in [-0.25, -0.2) is 0 Å². The fourth-order valence-electron chi connectivity index (χ4n) is 7.52. The summed E-state index contributed by atoms with van der Waals surface area (Å²) in [6.07, 6.45) is 6.58. The number of hydrogen-bond donors (Lipinski definition) is 1. The lowest BCUT2D eigenvalue weighted by Crippen LogP contribution is -2.62. The Kier molecular flexibility index (Phi) is 4.00. The molecular formula is C21H27F2NOS. The number of nitrogens with one attached hydrogen (secondary N) is 1. The number of anilines is 1. The highest BCUT2D eigenvalue weighted by Crippen LogP contribution is 2.73. The van der Waals surface area contributed by atoms with E-state index in [0.717, 1.165) is 19.3 Å². The Morgan fingerprint density at radius 1 is 0.923 bits per heavy atom. The smallest absolute Gasteiger partial charge is 0.288 e. The molecule has 5 rings (SSSR count). The van der Waals surface area contributed by atoms with E-state index >= 15 is 0 Å². The van der Waals surface area contributed by atoms with E-state index in [1.165, 1.54) is 19.3 Å². The molecule has 142 valence electrons. The minimum atomic E-state index is -2.43. The van der Waals surface area contributed by atoms with Crippen molar-refractivity contribution >= 4 is 23.4 Å². The van der Waals surface area contributed by atoms with E-state index in [4.69, 9.17) is 0 Å². The maximum atomic E-state index is 13.3. The molecule has 4 bridgehead atoms. The summed E-state index contributed by atoms with van der Waals surface area (Å²) in [6.45, 7) is 7.08. The molecule has 5 heteroatoms. The first-order valence-electron chi connectivity index (χ1n) is 9.39. The van der Waals surface area contributed by atoms with Gasteiger partial charge in [0.15, 0.2) is 0 Å². The number of thioether (sulfide) groups is 1. The van der Waals surface area contributed by atoms with Crippen LogP contribution in [0.2, 0.25) is 0 Å². The molecule has 2 nitrogen and oxygen atoms in total. The van der Waals surface area contributed by atoms with Gasteiger partial charge in [-0.1, -0.05) is 32.5 Å². The summed E-state index contributed by atoms with van der Waals surface area (Å²) in [5.74, 6) is -2.31. The van der Waals surface area contributed by atoms with E-state index in [0.29, 0.717) is 22.3 Å². The standard InChI is InChI=1S/C21H27F2NOS/c1-18-8-19(2)10-20(3,9-18)13-21(11-18,12-19)16(25)24-14-4-6-15(7-5-14)26-17(22)23/h4-7,17H,8-13H2,1-3H3,(H,24,25). The Morgan fingerprint density at radius 2 is 1.38 bits per heavy atom. The van der Waals surface area contributed by atoms with E-state index in [9.17, 15) is 13.6 Å². The van der Waals surface area contributed by atoms with Crippen molar-refractivity contribution in [2.75, 3.05) is 5.32 Å². The lowest BCUT2D eigenvalue weighted by Gasteiger charge is -2.68. The minimum absolute atomic E-state index is 0.120. The summed E-state index contributed by atoms with van der Waals surface area (Å²) in [5.41, 5.74) is 1.18. The molecule has 4 fully saturated rings. The molecule has 1 N–H and O–H groups in total. The average Bonchev–Trinajstić information content (AvgIpc) is 2.43. The number of alkyl halides is 2. The molecule has 0 radical (unpaired) electrons. The van der Waals surface area contributed by atoms with Crippen LogP contribution < -0.4 is 5.32 Å². The lowest BCUT2D eigenvalue weighted by molar-refractivity contribution is -0.188. The quantitative estimate of drug-likeness (QED) is 0.620. The number of halogens is 2. The third-order valence-corrected chi connectivity index (χ3v) is 7.40. The maximum absolute atomic E-state index is 13.3. The van der Waals surface area contributed by atoms with Crippen LogP contribution in [0.5, 0.6) is 0 Å². The Bertz CT molecular complexity index is 678. The first kappa shape index (κ1) is 18.3. The predicted molar refractivity (Wildman–Crippen MR) is 101 cm³/mol. The second-order valence-corrected chi connectivity index (χ2v) is 11.2. The van der Waals surface area contributed by atoms with Gasteiger partial charge in [-0.2, -0.15) is 8.78 Å².